The van der Waals surface area contributed by atoms with E-state index in [1.807, 2.05) is 27.7 Å². The van der Waals surface area contributed by atoms with Gasteiger partial charge in [-0.3, -0.25) is 0 Å². The highest BCUT2D eigenvalue weighted by Gasteiger charge is 2.13. The van der Waals surface area contributed by atoms with Crippen molar-refractivity contribution in [1.29, 1.82) is 0 Å². The Bertz CT molecular complexity index is 863. The van der Waals surface area contributed by atoms with Gasteiger partial charge in [-0.15, -0.1) is 0 Å². The van der Waals surface area contributed by atoms with Crippen molar-refractivity contribution >= 4 is 17.7 Å². The Morgan fingerprint density at radius 3 is 1.93 bits per heavy atom. The topological polar surface area (TPSA) is 0 Å². The van der Waals surface area contributed by atoms with E-state index in [2.05, 4.69) is 88.4 Å². The van der Waals surface area contributed by atoms with Gasteiger partial charge in [-0.05, 0) is 46.2 Å². The fraction of sp³-hybridized carbons (Fsp3) is 0.429. The molecule has 0 radical (unpaired) electrons. The zero-order chi connectivity index (χ0) is 21.1. The van der Waals surface area contributed by atoms with Crippen LogP contribution in [0.5, 0.6) is 0 Å². The van der Waals surface area contributed by atoms with E-state index in [-0.39, 0.29) is 0 Å². The zero-order valence-corrected chi connectivity index (χ0v) is 19.3. The summed E-state index contributed by atoms with van der Waals surface area (Å²) >= 11 is 0. The van der Waals surface area contributed by atoms with Crippen molar-refractivity contribution in [2.45, 2.75) is 68.2 Å². The van der Waals surface area contributed by atoms with E-state index in [9.17, 15) is 0 Å². The fourth-order valence-corrected chi connectivity index (χ4v) is 3.52. The predicted octanol–water partition coefficient (Wildman–Crippen LogP) is 7.01. The molecule has 0 fully saturated rings. The van der Waals surface area contributed by atoms with Crippen molar-refractivity contribution in [2.75, 3.05) is 0 Å². The van der Waals surface area contributed by atoms with Gasteiger partial charge in [-0.2, -0.15) is 0 Å². The highest BCUT2D eigenvalue weighted by molar-refractivity contribution is 5.63. The second-order valence-electron chi connectivity index (χ2n) is 7.42. The molecule has 0 aromatic heterocycles. The van der Waals surface area contributed by atoms with E-state index in [0.717, 1.165) is 12.8 Å². The van der Waals surface area contributed by atoms with Gasteiger partial charge < -0.3 is 0 Å². The molecule has 0 spiro atoms. The Balaban J connectivity index is 0.000000238. The number of hydrogen-bond acceptors (Lipinski definition) is 0. The van der Waals surface area contributed by atoms with E-state index >= 15 is 0 Å². The first-order valence-electron chi connectivity index (χ1n) is 11.1. The SMILES string of the molecule is CC.CC.CC(C)C1=Cc2ccccc2C1.CC(C)C1=c2ccccc2=CC1. The zero-order valence-electron chi connectivity index (χ0n) is 19.3. The van der Waals surface area contributed by atoms with Crippen LogP contribution in [0, 0.1) is 11.8 Å². The molecule has 2 aliphatic carbocycles. The van der Waals surface area contributed by atoms with Crippen molar-refractivity contribution in [3.8, 4) is 0 Å². The second kappa shape index (κ2) is 12.4. The predicted molar refractivity (Wildman–Crippen MR) is 129 cm³/mol. The second-order valence-corrected chi connectivity index (χ2v) is 7.42. The number of benzene rings is 2. The summed E-state index contributed by atoms with van der Waals surface area (Å²) in [5.41, 5.74) is 6.06. The van der Waals surface area contributed by atoms with E-state index in [0.29, 0.717) is 11.8 Å². The molecule has 28 heavy (non-hydrogen) atoms. The van der Waals surface area contributed by atoms with Gasteiger partial charge in [0, 0.05) is 0 Å². The third-order valence-electron chi connectivity index (χ3n) is 5.08. The Morgan fingerprint density at radius 1 is 0.714 bits per heavy atom. The Morgan fingerprint density at radius 2 is 1.32 bits per heavy atom. The Hall–Kier alpha value is -2.08. The number of rotatable bonds is 2. The minimum absolute atomic E-state index is 0.685. The molecule has 0 unspecified atom stereocenters. The highest BCUT2D eigenvalue weighted by Crippen LogP contribution is 2.28. The lowest BCUT2D eigenvalue weighted by atomic mass is 10.0. The molecule has 0 saturated heterocycles. The van der Waals surface area contributed by atoms with Crippen LogP contribution >= 0.6 is 0 Å². The molecule has 0 N–H and O–H groups in total. The minimum atomic E-state index is 0.685. The lowest BCUT2D eigenvalue weighted by Gasteiger charge is -2.04. The van der Waals surface area contributed by atoms with Crippen LogP contribution in [0.1, 0.15) is 72.9 Å². The van der Waals surface area contributed by atoms with Crippen molar-refractivity contribution in [3.05, 3.63) is 75.7 Å². The van der Waals surface area contributed by atoms with Gasteiger partial charge in [0.05, 0.1) is 0 Å². The maximum absolute atomic E-state index is 2.33. The Labute approximate surface area is 173 Å². The summed E-state index contributed by atoms with van der Waals surface area (Å²) in [6.45, 7) is 17.1. The molecule has 2 aliphatic rings. The normalized spacial score (nSPS) is 13.1. The third kappa shape index (κ3) is 6.23. The Kier molecular flexibility index (Phi) is 10.6. The smallest absolute Gasteiger partial charge is 0.00553 e. The molecule has 0 saturated carbocycles. The summed E-state index contributed by atoms with van der Waals surface area (Å²) in [5.74, 6) is 1.38. The first-order chi connectivity index (χ1) is 13.6. The van der Waals surface area contributed by atoms with Crippen molar-refractivity contribution in [1.82, 2.24) is 0 Å². The van der Waals surface area contributed by atoms with Gasteiger partial charge in [-0.25, -0.2) is 0 Å². The largest absolute Gasteiger partial charge is 0.0726 e. The third-order valence-corrected chi connectivity index (χ3v) is 5.08. The molecule has 4 rings (SSSR count). The van der Waals surface area contributed by atoms with E-state index in [4.69, 9.17) is 0 Å². The van der Waals surface area contributed by atoms with Gasteiger partial charge >= 0.3 is 0 Å². The van der Waals surface area contributed by atoms with E-state index in [1.165, 1.54) is 21.6 Å². The first kappa shape index (κ1) is 24.0. The van der Waals surface area contributed by atoms with Gasteiger partial charge in [0.15, 0.2) is 0 Å². The van der Waals surface area contributed by atoms with Crippen molar-refractivity contribution in [2.24, 2.45) is 11.8 Å². The van der Waals surface area contributed by atoms with Gasteiger partial charge in [0.2, 0.25) is 0 Å². The molecule has 152 valence electrons. The summed E-state index contributed by atoms with van der Waals surface area (Å²) in [5, 5.41) is 2.88. The molecular formula is C28H40. The summed E-state index contributed by atoms with van der Waals surface area (Å²) in [6.07, 6.45) is 6.97. The maximum Gasteiger partial charge on any atom is -0.00553 e. The van der Waals surface area contributed by atoms with Crippen LogP contribution in [-0.4, -0.2) is 0 Å². The molecule has 2 aromatic carbocycles. The molecule has 0 atom stereocenters. The molecular weight excluding hydrogens is 336 g/mol. The molecule has 0 heterocycles. The monoisotopic (exact) mass is 376 g/mol. The molecule has 0 nitrogen and oxygen atoms in total. The molecule has 0 heteroatoms. The van der Waals surface area contributed by atoms with E-state index < -0.39 is 0 Å². The van der Waals surface area contributed by atoms with Crippen LogP contribution in [0.4, 0.5) is 0 Å². The number of fused-ring (bicyclic) bond motifs is 2. The number of allylic oxidation sites excluding steroid dienone is 1. The molecule has 0 aliphatic heterocycles. The summed E-state index contributed by atoms with van der Waals surface area (Å²) in [7, 11) is 0. The summed E-state index contributed by atoms with van der Waals surface area (Å²) in [4.78, 5) is 0. The first-order valence-corrected chi connectivity index (χ1v) is 11.1. The van der Waals surface area contributed by atoms with Gasteiger partial charge in [0.25, 0.3) is 0 Å². The average Bonchev–Trinajstić information content (AvgIpc) is 3.36. The van der Waals surface area contributed by atoms with Crippen LogP contribution in [0.3, 0.4) is 0 Å². The quantitative estimate of drug-likeness (QED) is 0.528. The van der Waals surface area contributed by atoms with Crippen LogP contribution in [-0.2, 0) is 6.42 Å². The summed E-state index contributed by atoms with van der Waals surface area (Å²) < 4.78 is 0. The standard InChI is InChI=1S/2C12H14.2C2H6/c1-9(2)12-7-10-5-3-4-6-11(10)8-12;1-9(2)11-8-7-10-5-3-4-6-12(10)11;2*1-2/h2*3-7,9H,8H2,1-2H3;2*1-2H3. The minimum Gasteiger partial charge on any atom is -0.0726 e. The fourth-order valence-electron chi connectivity index (χ4n) is 3.52. The van der Waals surface area contributed by atoms with E-state index in [1.54, 1.807) is 11.1 Å². The lowest BCUT2D eigenvalue weighted by molar-refractivity contribution is 0.754. The van der Waals surface area contributed by atoms with Crippen LogP contribution in [0.25, 0.3) is 17.7 Å². The maximum atomic E-state index is 2.33. The average molecular weight is 377 g/mol. The lowest BCUT2D eigenvalue weighted by Crippen LogP contribution is -2.22. The van der Waals surface area contributed by atoms with Crippen molar-refractivity contribution in [3.63, 3.8) is 0 Å². The highest BCUT2D eigenvalue weighted by atomic mass is 14.2. The van der Waals surface area contributed by atoms with Gasteiger partial charge in [-0.1, -0.05) is 127 Å². The van der Waals surface area contributed by atoms with Crippen molar-refractivity contribution < 1.29 is 0 Å². The summed E-state index contributed by atoms with van der Waals surface area (Å²) in [6, 6.07) is 17.3. The van der Waals surface area contributed by atoms with Crippen LogP contribution < -0.4 is 10.4 Å². The molecule has 2 aromatic rings. The van der Waals surface area contributed by atoms with Gasteiger partial charge in [0.1, 0.15) is 0 Å². The van der Waals surface area contributed by atoms with Crippen LogP contribution in [0.2, 0.25) is 0 Å². The molecule has 0 amide bonds. The number of hydrogen-bond donors (Lipinski definition) is 0. The molecule has 0 bridgehead atoms. The van der Waals surface area contributed by atoms with Crippen LogP contribution in [0.15, 0.2) is 54.1 Å².